The molecule has 0 spiro atoms. The monoisotopic (exact) mass is 277 g/mol. The van der Waals surface area contributed by atoms with E-state index in [9.17, 15) is 8.42 Å². The Morgan fingerprint density at radius 1 is 0.882 bits per heavy atom. The van der Waals surface area contributed by atoms with Gasteiger partial charge < -0.3 is 30.6 Å². The van der Waals surface area contributed by atoms with Crippen LogP contribution in [0.3, 0.4) is 0 Å². The minimum Gasteiger partial charge on any atom is -0.394 e. The van der Waals surface area contributed by atoms with Crippen LogP contribution in [0.4, 0.5) is 0 Å². The van der Waals surface area contributed by atoms with Crippen LogP contribution in [-0.4, -0.2) is 85.8 Å². The first-order valence-electron chi connectivity index (χ1n) is 4.36. The van der Waals surface area contributed by atoms with Gasteiger partial charge in [-0.05, 0) is 0 Å². The summed E-state index contributed by atoms with van der Waals surface area (Å²) < 4.78 is 30.5. The normalized spacial score (nSPS) is 16.8. The summed E-state index contributed by atoms with van der Waals surface area (Å²) in [6.45, 7) is -2.25. The standard InChI is InChI=1S/C6H15NO9S/c8-1-3(5(10)11)7(17(14,15)16)4(2-9)6(12)13/h3-6,8-13H,1-2H2,(H,14,15,16). The van der Waals surface area contributed by atoms with Crippen molar-refractivity contribution >= 4 is 10.3 Å². The summed E-state index contributed by atoms with van der Waals surface area (Å²) in [5, 5.41) is 52.8. The molecule has 0 heterocycles. The highest BCUT2D eigenvalue weighted by Gasteiger charge is 2.40. The first kappa shape index (κ1) is 16.6. The van der Waals surface area contributed by atoms with E-state index in [4.69, 9.17) is 35.2 Å². The Labute approximate surface area is 96.9 Å². The van der Waals surface area contributed by atoms with E-state index in [1.807, 2.05) is 0 Å². The second-order valence-corrected chi connectivity index (χ2v) is 4.45. The minimum absolute atomic E-state index is 0.192. The van der Waals surface area contributed by atoms with Gasteiger partial charge in [0.1, 0.15) is 12.1 Å². The summed E-state index contributed by atoms with van der Waals surface area (Å²) in [5.74, 6) is 0. The number of hydrogen-bond donors (Lipinski definition) is 7. The quantitative estimate of drug-likeness (QED) is 0.178. The molecule has 10 nitrogen and oxygen atoms in total. The van der Waals surface area contributed by atoms with Crippen LogP contribution >= 0.6 is 0 Å². The van der Waals surface area contributed by atoms with Gasteiger partial charge in [0.25, 0.3) is 0 Å². The molecule has 7 N–H and O–H groups in total. The van der Waals surface area contributed by atoms with Crippen LogP contribution < -0.4 is 0 Å². The van der Waals surface area contributed by atoms with Gasteiger partial charge in [0, 0.05) is 0 Å². The Balaban J connectivity index is 5.40. The van der Waals surface area contributed by atoms with E-state index in [0.29, 0.717) is 0 Å². The molecule has 0 radical (unpaired) electrons. The maximum atomic E-state index is 11.0. The molecule has 0 aromatic rings. The second kappa shape index (κ2) is 6.53. The fourth-order valence-corrected chi connectivity index (χ4v) is 2.24. The van der Waals surface area contributed by atoms with Crippen molar-refractivity contribution in [3.8, 4) is 0 Å². The average molecular weight is 277 g/mol. The van der Waals surface area contributed by atoms with Gasteiger partial charge in [0.15, 0.2) is 12.6 Å². The summed E-state index contributed by atoms with van der Waals surface area (Å²) in [6, 6.07) is -3.91. The van der Waals surface area contributed by atoms with E-state index in [-0.39, 0.29) is 4.31 Å². The van der Waals surface area contributed by atoms with Crippen molar-refractivity contribution < 1.29 is 43.6 Å². The number of aliphatic hydroxyl groups excluding tert-OH is 4. The lowest BCUT2D eigenvalue weighted by Crippen LogP contribution is -2.58. The SMILES string of the molecule is O=S(=O)(O)N(C(CO)C(O)O)C(CO)C(O)O. The lowest BCUT2D eigenvalue weighted by Gasteiger charge is -2.34. The molecule has 0 saturated carbocycles. The number of rotatable bonds is 7. The summed E-state index contributed by atoms with van der Waals surface area (Å²) in [4.78, 5) is 0. The zero-order valence-electron chi connectivity index (χ0n) is 8.53. The molecule has 0 bridgehead atoms. The molecule has 0 saturated heterocycles. The van der Waals surface area contributed by atoms with Crippen LogP contribution in [0.2, 0.25) is 0 Å². The van der Waals surface area contributed by atoms with Gasteiger partial charge in [-0.25, -0.2) is 0 Å². The molecular weight excluding hydrogens is 262 g/mol. The molecular formula is C6H15NO9S. The van der Waals surface area contributed by atoms with Crippen molar-refractivity contribution in [1.82, 2.24) is 4.31 Å². The maximum absolute atomic E-state index is 11.0. The number of hydrogen-bond acceptors (Lipinski definition) is 8. The van der Waals surface area contributed by atoms with Gasteiger partial charge in [-0.2, -0.15) is 12.7 Å². The third-order valence-corrected chi connectivity index (χ3v) is 3.06. The largest absolute Gasteiger partial charge is 0.394 e. The highest BCUT2D eigenvalue weighted by atomic mass is 32.2. The Morgan fingerprint density at radius 3 is 1.29 bits per heavy atom. The molecule has 0 aliphatic heterocycles. The van der Waals surface area contributed by atoms with Crippen molar-refractivity contribution in [3.63, 3.8) is 0 Å². The van der Waals surface area contributed by atoms with E-state index in [1.165, 1.54) is 0 Å². The zero-order valence-corrected chi connectivity index (χ0v) is 9.34. The van der Waals surface area contributed by atoms with Gasteiger partial charge in [-0.3, -0.25) is 4.55 Å². The summed E-state index contributed by atoms with van der Waals surface area (Å²) in [6.07, 6.45) is -4.79. The predicted octanol–water partition coefficient (Wildman–Crippen LogP) is -4.57. The molecule has 0 aliphatic rings. The van der Waals surface area contributed by atoms with Crippen molar-refractivity contribution in [2.24, 2.45) is 0 Å². The van der Waals surface area contributed by atoms with Gasteiger partial charge in [0.05, 0.1) is 13.2 Å². The van der Waals surface area contributed by atoms with E-state index in [0.717, 1.165) is 0 Å². The van der Waals surface area contributed by atoms with Gasteiger partial charge in [-0.15, -0.1) is 0 Å². The molecule has 2 atom stereocenters. The number of aliphatic hydroxyl groups is 6. The van der Waals surface area contributed by atoms with Crippen molar-refractivity contribution in [2.75, 3.05) is 13.2 Å². The van der Waals surface area contributed by atoms with Crippen LogP contribution in [0.5, 0.6) is 0 Å². The smallest absolute Gasteiger partial charge is 0.336 e. The predicted molar refractivity (Wildman–Crippen MR) is 51.6 cm³/mol. The third-order valence-electron chi connectivity index (χ3n) is 1.98. The Morgan fingerprint density at radius 2 is 1.18 bits per heavy atom. The number of nitrogens with zero attached hydrogens (tertiary/aromatic N) is 1. The molecule has 0 fully saturated rings. The van der Waals surface area contributed by atoms with Crippen molar-refractivity contribution in [2.45, 2.75) is 24.7 Å². The van der Waals surface area contributed by atoms with Gasteiger partial charge >= 0.3 is 10.3 Å². The van der Waals surface area contributed by atoms with Crippen LogP contribution in [0.25, 0.3) is 0 Å². The minimum atomic E-state index is -5.10. The first-order valence-corrected chi connectivity index (χ1v) is 5.76. The highest BCUT2D eigenvalue weighted by Crippen LogP contribution is 2.15. The highest BCUT2D eigenvalue weighted by molar-refractivity contribution is 7.83. The van der Waals surface area contributed by atoms with E-state index in [1.54, 1.807) is 0 Å². The fraction of sp³-hybridized carbons (Fsp3) is 1.00. The third kappa shape index (κ3) is 4.42. The molecule has 17 heavy (non-hydrogen) atoms. The molecule has 0 aliphatic carbocycles. The molecule has 11 heteroatoms. The molecule has 0 aromatic heterocycles. The van der Waals surface area contributed by atoms with E-state index >= 15 is 0 Å². The molecule has 0 amide bonds. The lowest BCUT2D eigenvalue weighted by atomic mass is 10.2. The fourth-order valence-electron chi connectivity index (χ4n) is 1.20. The Bertz CT molecular complexity index is 299. The first-order chi connectivity index (χ1) is 7.66. The van der Waals surface area contributed by atoms with Crippen LogP contribution in [0.15, 0.2) is 0 Å². The van der Waals surface area contributed by atoms with Crippen LogP contribution in [0, 0.1) is 0 Å². The summed E-state index contributed by atoms with van der Waals surface area (Å²) in [5.41, 5.74) is 0. The van der Waals surface area contributed by atoms with E-state index in [2.05, 4.69) is 0 Å². The second-order valence-electron chi connectivity index (χ2n) is 3.13. The Hall–Kier alpha value is -0.370. The van der Waals surface area contributed by atoms with E-state index < -0.39 is 48.2 Å². The summed E-state index contributed by atoms with van der Waals surface area (Å²) >= 11 is 0. The van der Waals surface area contributed by atoms with Crippen LogP contribution in [-0.2, 0) is 10.3 Å². The molecule has 0 rings (SSSR count). The summed E-state index contributed by atoms with van der Waals surface area (Å²) in [7, 11) is -5.10. The van der Waals surface area contributed by atoms with Crippen molar-refractivity contribution in [3.05, 3.63) is 0 Å². The average Bonchev–Trinajstić information content (AvgIpc) is 2.15. The van der Waals surface area contributed by atoms with Crippen LogP contribution in [0.1, 0.15) is 0 Å². The topological polar surface area (TPSA) is 179 Å². The van der Waals surface area contributed by atoms with Crippen molar-refractivity contribution in [1.29, 1.82) is 0 Å². The van der Waals surface area contributed by atoms with Gasteiger partial charge in [-0.1, -0.05) is 0 Å². The molecule has 0 aromatic carbocycles. The molecule has 104 valence electrons. The zero-order chi connectivity index (χ0) is 13.8. The Kier molecular flexibility index (Phi) is 6.39. The van der Waals surface area contributed by atoms with Gasteiger partial charge in [0.2, 0.25) is 0 Å². The molecule has 2 unspecified atom stereocenters. The lowest BCUT2D eigenvalue weighted by molar-refractivity contribution is -0.144. The maximum Gasteiger partial charge on any atom is 0.336 e.